The van der Waals surface area contributed by atoms with Gasteiger partial charge in [0, 0.05) is 26.3 Å². The number of methoxy groups -OCH3 is 1. The summed E-state index contributed by atoms with van der Waals surface area (Å²) in [7, 11) is 1.59. The molecule has 8 nitrogen and oxygen atoms in total. The van der Waals surface area contributed by atoms with E-state index >= 15 is 0 Å². The van der Waals surface area contributed by atoms with Crippen LogP contribution in [0.5, 0.6) is 5.75 Å². The van der Waals surface area contributed by atoms with Gasteiger partial charge >= 0.3 is 0 Å². The summed E-state index contributed by atoms with van der Waals surface area (Å²) in [5.74, 6) is 0.498. The third-order valence-corrected chi connectivity index (χ3v) is 5.49. The molecule has 29 heavy (non-hydrogen) atoms. The zero-order valence-corrected chi connectivity index (χ0v) is 17.2. The molecular formula is C21H32N4O4. The van der Waals surface area contributed by atoms with Gasteiger partial charge in [0.25, 0.3) is 0 Å². The molecule has 160 valence electrons. The Morgan fingerprint density at radius 2 is 2.03 bits per heavy atom. The standard InChI is InChI=1S/C21H32N4O4/c1-28-12-9-23-21(27)19-13-18(29-17-7-6-8-22-14-17)15-25(19)20(26)16-24-10-4-2-3-5-11-24/h6-8,14,18-19H,2-5,9-13,15-16H2,1H3,(H,23,27)/t18-,19-/m0/s1. The first-order chi connectivity index (χ1) is 14.2. The van der Waals surface area contributed by atoms with E-state index in [0.29, 0.717) is 38.4 Å². The molecule has 0 unspecified atom stereocenters. The molecule has 0 radical (unpaired) electrons. The van der Waals surface area contributed by atoms with Gasteiger partial charge < -0.3 is 19.7 Å². The highest BCUT2D eigenvalue weighted by Gasteiger charge is 2.40. The zero-order chi connectivity index (χ0) is 20.5. The molecule has 2 aliphatic rings. The topological polar surface area (TPSA) is 84.0 Å². The number of ether oxygens (including phenoxy) is 2. The van der Waals surface area contributed by atoms with Gasteiger partial charge in [-0.15, -0.1) is 0 Å². The molecule has 2 atom stereocenters. The van der Waals surface area contributed by atoms with Crippen molar-refractivity contribution in [1.29, 1.82) is 0 Å². The summed E-state index contributed by atoms with van der Waals surface area (Å²) in [6.07, 6.45) is 8.27. The number of nitrogens with one attached hydrogen (secondary N) is 1. The Bertz CT molecular complexity index is 649. The fraction of sp³-hybridized carbons (Fsp3) is 0.667. The van der Waals surface area contributed by atoms with E-state index in [1.54, 1.807) is 24.4 Å². The first kappa shape index (κ1) is 21.5. The van der Waals surface area contributed by atoms with E-state index in [-0.39, 0.29) is 17.9 Å². The first-order valence-corrected chi connectivity index (χ1v) is 10.5. The highest BCUT2D eigenvalue weighted by molar-refractivity contribution is 5.89. The fourth-order valence-corrected chi connectivity index (χ4v) is 3.99. The molecule has 3 heterocycles. The van der Waals surface area contributed by atoms with Crippen LogP contribution in [0.2, 0.25) is 0 Å². The van der Waals surface area contributed by atoms with Gasteiger partial charge in [-0.25, -0.2) is 0 Å². The molecule has 0 saturated carbocycles. The minimum Gasteiger partial charge on any atom is -0.487 e. The molecule has 2 fully saturated rings. The maximum absolute atomic E-state index is 13.1. The number of hydrogen-bond donors (Lipinski definition) is 1. The predicted octanol–water partition coefficient (Wildman–Crippen LogP) is 1.07. The van der Waals surface area contributed by atoms with E-state index in [1.165, 1.54) is 12.8 Å². The van der Waals surface area contributed by atoms with Crippen molar-refractivity contribution in [3.8, 4) is 5.75 Å². The highest BCUT2D eigenvalue weighted by atomic mass is 16.5. The molecular weight excluding hydrogens is 372 g/mol. The largest absolute Gasteiger partial charge is 0.487 e. The van der Waals surface area contributed by atoms with Crippen LogP contribution < -0.4 is 10.1 Å². The lowest BCUT2D eigenvalue weighted by Crippen LogP contribution is -2.49. The Hall–Kier alpha value is -2.19. The lowest BCUT2D eigenvalue weighted by Gasteiger charge is -2.27. The number of carbonyl (C=O) groups excluding carboxylic acids is 2. The van der Waals surface area contributed by atoms with E-state index in [9.17, 15) is 9.59 Å². The van der Waals surface area contributed by atoms with Crippen molar-refractivity contribution in [2.24, 2.45) is 0 Å². The van der Waals surface area contributed by atoms with Crippen LogP contribution in [0.3, 0.4) is 0 Å². The van der Waals surface area contributed by atoms with Crippen molar-refractivity contribution in [1.82, 2.24) is 20.1 Å². The second kappa shape index (κ2) is 11.1. The Balaban J connectivity index is 1.64. The van der Waals surface area contributed by atoms with Crippen molar-refractivity contribution in [2.45, 2.75) is 44.2 Å². The number of hydrogen-bond acceptors (Lipinski definition) is 6. The van der Waals surface area contributed by atoms with E-state index < -0.39 is 6.04 Å². The van der Waals surface area contributed by atoms with Crippen molar-refractivity contribution in [3.63, 3.8) is 0 Å². The van der Waals surface area contributed by atoms with E-state index in [2.05, 4.69) is 15.2 Å². The maximum Gasteiger partial charge on any atom is 0.243 e. The summed E-state index contributed by atoms with van der Waals surface area (Å²) in [5, 5.41) is 2.87. The van der Waals surface area contributed by atoms with Crippen LogP contribution in [-0.4, -0.2) is 85.2 Å². The summed E-state index contributed by atoms with van der Waals surface area (Å²) >= 11 is 0. The summed E-state index contributed by atoms with van der Waals surface area (Å²) in [4.78, 5) is 33.8. The molecule has 0 aromatic carbocycles. The van der Waals surface area contributed by atoms with Crippen molar-refractivity contribution < 1.29 is 19.1 Å². The van der Waals surface area contributed by atoms with Crippen molar-refractivity contribution in [3.05, 3.63) is 24.5 Å². The van der Waals surface area contributed by atoms with Crippen LogP contribution in [0.4, 0.5) is 0 Å². The quantitative estimate of drug-likeness (QED) is 0.653. The van der Waals surface area contributed by atoms with Crippen molar-refractivity contribution >= 4 is 11.8 Å². The number of nitrogens with zero attached hydrogens (tertiary/aromatic N) is 3. The van der Waals surface area contributed by atoms with E-state index in [4.69, 9.17) is 9.47 Å². The van der Waals surface area contributed by atoms with Crippen LogP contribution in [-0.2, 0) is 14.3 Å². The van der Waals surface area contributed by atoms with Gasteiger partial charge in [0.15, 0.2) is 0 Å². The van der Waals surface area contributed by atoms with Gasteiger partial charge in [-0.05, 0) is 38.1 Å². The van der Waals surface area contributed by atoms with Crippen LogP contribution in [0.1, 0.15) is 32.1 Å². The lowest BCUT2D eigenvalue weighted by atomic mass is 10.2. The minimum absolute atomic E-state index is 0.00363. The molecule has 2 amide bonds. The van der Waals surface area contributed by atoms with E-state index in [1.807, 2.05) is 12.1 Å². The summed E-state index contributed by atoms with van der Waals surface area (Å²) in [5.41, 5.74) is 0. The molecule has 0 aliphatic carbocycles. The minimum atomic E-state index is -0.520. The van der Waals surface area contributed by atoms with Crippen LogP contribution in [0, 0.1) is 0 Å². The molecule has 0 spiro atoms. The number of pyridine rings is 1. The number of rotatable bonds is 8. The molecule has 8 heteroatoms. The number of likely N-dealkylation sites (tertiary alicyclic amines) is 2. The molecule has 1 aromatic rings. The molecule has 3 rings (SSSR count). The molecule has 0 bridgehead atoms. The molecule has 2 aliphatic heterocycles. The monoisotopic (exact) mass is 404 g/mol. The van der Waals surface area contributed by atoms with E-state index in [0.717, 1.165) is 25.9 Å². The average Bonchev–Trinajstić information content (AvgIpc) is 2.98. The normalized spacial score (nSPS) is 22.9. The number of carbonyl (C=O) groups is 2. The van der Waals surface area contributed by atoms with Gasteiger partial charge in [0.1, 0.15) is 17.9 Å². The molecule has 1 N–H and O–H groups in total. The Morgan fingerprint density at radius 1 is 1.24 bits per heavy atom. The predicted molar refractivity (Wildman–Crippen MR) is 109 cm³/mol. The Labute approximate surface area is 172 Å². The molecule has 1 aromatic heterocycles. The van der Waals surface area contributed by atoms with Gasteiger partial charge in [0.2, 0.25) is 11.8 Å². The lowest BCUT2D eigenvalue weighted by molar-refractivity contribution is -0.139. The second-order valence-corrected chi connectivity index (χ2v) is 7.70. The summed E-state index contributed by atoms with van der Waals surface area (Å²) in [6, 6.07) is 3.12. The third kappa shape index (κ3) is 6.40. The number of aromatic nitrogens is 1. The maximum atomic E-state index is 13.1. The van der Waals surface area contributed by atoms with Crippen LogP contribution in [0.25, 0.3) is 0 Å². The first-order valence-electron chi connectivity index (χ1n) is 10.5. The van der Waals surface area contributed by atoms with Crippen molar-refractivity contribution in [2.75, 3.05) is 46.4 Å². The fourth-order valence-electron chi connectivity index (χ4n) is 3.99. The highest BCUT2D eigenvalue weighted by Crippen LogP contribution is 2.23. The molecule has 2 saturated heterocycles. The average molecular weight is 405 g/mol. The van der Waals surface area contributed by atoms with Crippen LogP contribution in [0.15, 0.2) is 24.5 Å². The van der Waals surface area contributed by atoms with Gasteiger partial charge in [-0.3, -0.25) is 19.5 Å². The van der Waals surface area contributed by atoms with Gasteiger partial charge in [0.05, 0.1) is 25.9 Å². The number of amides is 2. The second-order valence-electron chi connectivity index (χ2n) is 7.70. The summed E-state index contributed by atoms with van der Waals surface area (Å²) in [6.45, 7) is 3.52. The van der Waals surface area contributed by atoms with Gasteiger partial charge in [-0.2, -0.15) is 0 Å². The third-order valence-electron chi connectivity index (χ3n) is 5.49. The smallest absolute Gasteiger partial charge is 0.243 e. The Morgan fingerprint density at radius 3 is 2.72 bits per heavy atom. The summed E-state index contributed by atoms with van der Waals surface area (Å²) < 4.78 is 11.0. The zero-order valence-electron chi connectivity index (χ0n) is 17.2. The van der Waals surface area contributed by atoms with Gasteiger partial charge in [-0.1, -0.05) is 12.8 Å². The van der Waals surface area contributed by atoms with Crippen LogP contribution >= 0.6 is 0 Å². The Kier molecular flexibility index (Phi) is 8.25. The SMILES string of the molecule is COCCNC(=O)[C@@H]1C[C@H](Oc2cccnc2)CN1C(=O)CN1CCCCCC1.